The number of likely N-dealkylation sites (N-methyl/N-ethyl adjacent to an activating group) is 1. The van der Waals surface area contributed by atoms with Gasteiger partial charge in [0.15, 0.2) is 0 Å². The minimum absolute atomic E-state index is 0.510. The van der Waals surface area contributed by atoms with Gasteiger partial charge in [-0.05, 0) is 19.9 Å². The van der Waals surface area contributed by atoms with Crippen molar-refractivity contribution in [3.63, 3.8) is 0 Å². The standard InChI is InChI=1S/C11H25NO/c1-4-6-7-8-9-11(3,13)10-12-5-2/h12-13H,4-10H2,1-3H3. The van der Waals surface area contributed by atoms with Gasteiger partial charge in [-0.15, -0.1) is 0 Å². The molecule has 0 fully saturated rings. The SMILES string of the molecule is CCCCCCC(C)(O)CNCC. The molecule has 0 aliphatic rings. The first-order valence-electron chi connectivity index (χ1n) is 5.55. The van der Waals surface area contributed by atoms with Crippen LogP contribution in [0.1, 0.15) is 52.9 Å². The third-order valence-electron chi connectivity index (χ3n) is 2.32. The predicted molar refractivity (Wildman–Crippen MR) is 57.9 cm³/mol. The molecular weight excluding hydrogens is 162 g/mol. The summed E-state index contributed by atoms with van der Waals surface area (Å²) in [5.41, 5.74) is -0.510. The molecule has 2 heteroatoms. The third-order valence-corrected chi connectivity index (χ3v) is 2.32. The maximum atomic E-state index is 9.88. The van der Waals surface area contributed by atoms with E-state index >= 15 is 0 Å². The van der Waals surface area contributed by atoms with E-state index in [0.717, 1.165) is 25.9 Å². The molecule has 0 saturated carbocycles. The van der Waals surface area contributed by atoms with E-state index < -0.39 is 5.60 Å². The lowest BCUT2D eigenvalue weighted by Crippen LogP contribution is -2.37. The lowest BCUT2D eigenvalue weighted by Gasteiger charge is -2.23. The van der Waals surface area contributed by atoms with E-state index in [0.29, 0.717) is 0 Å². The van der Waals surface area contributed by atoms with Gasteiger partial charge >= 0.3 is 0 Å². The van der Waals surface area contributed by atoms with Crippen LogP contribution in [0.5, 0.6) is 0 Å². The number of unbranched alkanes of at least 4 members (excludes halogenated alkanes) is 3. The summed E-state index contributed by atoms with van der Waals surface area (Å²) in [6.07, 6.45) is 5.86. The Labute approximate surface area is 82.7 Å². The highest BCUT2D eigenvalue weighted by atomic mass is 16.3. The monoisotopic (exact) mass is 187 g/mol. The van der Waals surface area contributed by atoms with Crippen LogP contribution in [0, 0.1) is 0 Å². The Hall–Kier alpha value is -0.0800. The zero-order chi connectivity index (χ0) is 10.2. The summed E-state index contributed by atoms with van der Waals surface area (Å²) in [5.74, 6) is 0. The maximum Gasteiger partial charge on any atom is 0.0743 e. The summed E-state index contributed by atoms with van der Waals surface area (Å²) in [7, 11) is 0. The first-order chi connectivity index (χ1) is 6.12. The van der Waals surface area contributed by atoms with Crippen molar-refractivity contribution in [1.29, 1.82) is 0 Å². The Kier molecular flexibility index (Phi) is 7.29. The average molecular weight is 187 g/mol. The Morgan fingerprint density at radius 3 is 2.38 bits per heavy atom. The highest BCUT2D eigenvalue weighted by Gasteiger charge is 2.18. The van der Waals surface area contributed by atoms with E-state index in [-0.39, 0.29) is 0 Å². The normalized spacial score (nSPS) is 15.7. The van der Waals surface area contributed by atoms with Gasteiger partial charge in [-0.1, -0.05) is 39.5 Å². The van der Waals surface area contributed by atoms with Gasteiger partial charge in [-0.2, -0.15) is 0 Å². The molecule has 13 heavy (non-hydrogen) atoms. The zero-order valence-corrected chi connectivity index (χ0v) is 9.40. The smallest absolute Gasteiger partial charge is 0.0743 e. The average Bonchev–Trinajstić information content (AvgIpc) is 2.09. The molecule has 0 aliphatic heterocycles. The largest absolute Gasteiger partial charge is 0.389 e. The molecule has 0 bridgehead atoms. The first kappa shape index (κ1) is 12.9. The topological polar surface area (TPSA) is 32.3 Å². The van der Waals surface area contributed by atoms with E-state index in [1.54, 1.807) is 0 Å². The lowest BCUT2D eigenvalue weighted by molar-refractivity contribution is 0.0486. The molecule has 0 saturated heterocycles. The highest BCUT2D eigenvalue weighted by Crippen LogP contribution is 2.13. The fourth-order valence-electron chi connectivity index (χ4n) is 1.42. The van der Waals surface area contributed by atoms with E-state index in [2.05, 4.69) is 19.2 Å². The van der Waals surface area contributed by atoms with Crippen molar-refractivity contribution >= 4 is 0 Å². The lowest BCUT2D eigenvalue weighted by atomic mass is 9.98. The van der Waals surface area contributed by atoms with Crippen LogP contribution in [0.3, 0.4) is 0 Å². The molecule has 2 nitrogen and oxygen atoms in total. The van der Waals surface area contributed by atoms with Crippen molar-refractivity contribution in [1.82, 2.24) is 5.32 Å². The molecule has 0 heterocycles. The molecule has 1 unspecified atom stereocenters. The van der Waals surface area contributed by atoms with Crippen LogP contribution in [0.4, 0.5) is 0 Å². The summed E-state index contributed by atoms with van der Waals surface area (Å²) in [4.78, 5) is 0. The summed E-state index contributed by atoms with van der Waals surface area (Å²) in [5, 5.41) is 13.1. The number of hydrogen-bond donors (Lipinski definition) is 2. The maximum absolute atomic E-state index is 9.88. The first-order valence-corrected chi connectivity index (χ1v) is 5.55. The van der Waals surface area contributed by atoms with E-state index in [1.165, 1.54) is 19.3 Å². The van der Waals surface area contributed by atoms with Crippen LogP contribution in [-0.4, -0.2) is 23.8 Å². The number of hydrogen-bond acceptors (Lipinski definition) is 2. The summed E-state index contributed by atoms with van der Waals surface area (Å²) in [6, 6.07) is 0. The molecule has 0 rings (SSSR count). The number of nitrogens with one attached hydrogen (secondary N) is 1. The molecule has 2 N–H and O–H groups in total. The van der Waals surface area contributed by atoms with Crippen LogP contribution in [0.2, 0.25) is 0 Å². The van der Waals surface area contributed by atoms with Crippen LogP contribution in [0.15, 0.2) is 0 Å². The second kappa shape index (κ2) is 7.34. The molecule has 1 atom stereocenters. The molecule has 0 amide bonds. The van der Waals surface area contributed by atoms with Gasteiger partial charge in [-0.3, -0.25) is 0 Å². The van der Waals surface area contributed by atoms with Crippen molar-refractivity contribution in [3.05, 3.63) is 0 Å². The molecule has 0 aromatic rings. The Bertz CT molecular complexity index is 113. The fourth-order valence-corrected chi connectivity index (χ4v) is 1.42. The summed E-state index contributed by atoms with van der Waals surface area (Å²) < 4.78 is 0. The van der Waals surface area contributed by atoms with Gasteiger partial charge in [0.2, 0.25) is 0 Å². The van der Waals surface area contributed by atoms with Crippen LogP contribution in [0.25, 0.3) is 0 Å². The van der Waals surface area contributed by atoms with Gasteiger partial charge in [0.05, 0.1) is 5.60 Å². The van der Waals surface area contributed by atoms with Crippen molar-refractivity contribution in [2.75, 3.05) is 13.1 Å². The van der Waals surface area contributed by atoms with Gasteiger partial charge in [0, 0.05) is 6.54 Å². The number of aliphatic hydroxyl groups is 1. The predicted octanol–water partition coefficient (Wildman–Crippen LogP) is 2.32. The van der Waals surface area contributed by atoms with Crippen molar-refractivity contribution in [2.45, 2.75) is 58.5 Å². The second-order valence-corrected chi connectivity index (χ2v) is 4.09. The van der Waals surface area contributed by atoms with Gasteiger partial charge < -0.3 is 10.4 Å². The molecule has 0 aliphatic carbocycles. The van der Waals surface area contributed by atoms with E-state index in [9.17, 15) is 5.11 Å². The second-order valence-electron chi connectivity index (χ2n) is 4.09. The van der Waals surface area contributed by atoms with Crippen LogP contribution < -0.4 is 5.32 Å². The Balaban J connectivity index is 3.39. The van der Waals surface area contributed by atoms with E-state index in [1.807, 2.05) is 6.92 Å². The van der Waals surface area contributed by atoms with Gasteiger partial charge in [-0.25, -0.2) is 0 Å². The van der Waals surface area contributed by atoms with Crippen molar-refractivity contribution in [2.24, 2.45) is 0 Å². The third kappa shape index (κ3) is 8.26. The van der Waals surface area contributed by atoms with Crippen LogP contribution in [-0.2, 0) is 0 Å². The molecule has 80 valence electrons. The molecule has 0 spiro atoms. The van der Waals surface area contributed by atoms with Crippen molar-refractivity contribution < 1.29 is 5.11 Å². The fraction of sp³-hybridized carbons (Fsp3) is 1.00. The Morgan fingerprint density at radius 2 is 1.85 bits per heavy atom. The number of rotatable bonds is 8. The summed E-state index contributed by atoms with van der Waals surface area (Å²) >= 11 is 0. The molecule has 0 radical (unpaired) electrons. The van der Waals surface area contributed by atoms with Gasteiger partial charge in [0.25, 0.3) is 0 Å². The van der Waals surface area contributed by atoms with Crippen LogP contribution >= 0.6 is 0 Å². The highest BCUT2D eigenvalue weighted by molar-refractivity contribution is 4.74. The molecule has 0 aromatic heterocycles. The summed E-state index contributed by atoms with van der Waals surface area (Å²) in [6.45, 7) is 7.84. The molecular formula is C11H25NO. The minimum atomic E-state index is -0.510. The minimum Gasteiger partial charge on any atom is -0.389 e. The van der Waals surface area contributed by atoms with Crippen molar-refractivity contribution in [3.8, 4) is 0 Å². The Morgan fingerprint density at radius 1 is 1.15 bits per heavy atom. The zero-order valence-electron chi connectivity index (χ0n) is 9.40. The van der Waals surface area contributed by atoms with E-state index in [4.69, 9.17) is 0 Å². The quantitative estimate of drug-likeness (QED) is 0.572. The van der Waals surface area contributed by atoms with Gasteiger partial charge in [0.1, 0.15) is 0 Å². The molecule has 0 aromatic carbocycles.